The first-order valence-electron chi connectivity index (χ1n) is 3.01. The van der Waals surface area contributed by atoms with Crippen molar-refractivity contribution in [2.24, 2.45) is 0 Å². The van der Waals surface area contributed by atoms with Crippen LogP contribution >= 0.6 is 23.1 Å². The van der Waals surface area contributed by atoms with E-state index in [-0.39, 0.29) is 0 Å². The molecule has 0 amide bonds. The van der Waals surface area contributed by atoms with Gasteiger partial charge < -0.3 is 9.90 Å². The smallest absolute Gasteiger partial charge is 0.0818 e. The van der Waals surface area contributed by atoms with Crippen LogP contribution in [0.1, 0.15) is 15.2 Å². The van der Waals surface area contributed by atoms with E-state index >= 15 is 0 Å². The molecule has 1 rings (SSSR count). The average molecular weight is 187 g/mol. The Morgan fingerprint density at radius 1 is 1.73 bits per heavy atom. The van der Waals surface area contributed by atoms with Gasteiger partial charge in [-0.2, -0.15) is 0 Å². The minimum Gasteiger partial charge on any atom is -0.544 e. The van der Waals surface area contributed by atoms with Crippen molar-refractivity contribution in [3.8, 4) is 0 Å². The second kappa shape index (κ2) is 3.28. The van der Waals surface area contributed by atoms with E-state index in [1.807, 2.05) is 12.3 Å². The molecule has 0 atom stereocenters. The summed E-state index contributed by atoms with van der Waals surface area (Å²) >= 11 is 2.82. The van der Waals surface area contributed by atoms with Gasteiger partial charge in [0, 0.05) is 0 Å². The Kier molecular flexibility index (Phi) is 2.57. The molecule has 2 nitrogen and oxygen atoms in total. The first kappa shape index (κ1) is 8.62. The van der Waals surface area contributed by atoms with Gasteiger partial charge in [-0.1, -0.05) is 0 Å². The molecule has 11 heavy (non-hydrogen) atoms. The van der Waals surface area contributed by atoms with E-state index in [1.165, 1.54) is 11.3 Å². The van der Waals surface area contributed by atoms with Gasteiger partial charge in [-0.05, 0) is 24.8 Å². The van der Waals surface area contributed by atoms with Crippen molar-refractivity contribution >= 4 is 29.1 Å². The first-order chi connectivity index (χ1) is 5.15. The zero-order valence-electron chi connectivity index (χ0n) is 6.21. The summed E-state index contributed by atoms with van der Waals surface area (Å²) in [4.78, 5) is 10.8. The van der Waals surface area contributed by atoms with Gasteiger partial charge in [0.25, 0.3) is 0 Å². The summed E-state index contributed by atoms with van der Waals surface area (Å²) in [5.41, 5.74) is 0.791. The molecule has 0 unspecified atom stereocenters. The minimum atomic E-state index is -1.08. The molecule has 0 aliphatic carbocycles. The summed E-state index contributed by atoms with van der Waals surface area (Å²) in [6.45, 7) is 1.78. The SMILES string of the molecule is CSc1cc(C)c(C(=O)[O-])s1. The summed E-state index contributed by atoms with van der Waals surface area (Å²) in [7, 11) is 0. The highest BCUT2D eigenvalue weighted by molar-refractivity contribution is 8.00. The number of thioether (sulfide) groups is 1. The first-order valence-corrected chi connectivity index (χ1v) is 5.05. The quantitative estimate of drug-likeness (QED) is 0.652. The predicted octanol–water partition coefficient (Wildman–Crippen LogP) is 1.14. The van der Waals surface area contributed by atoms with Crippen LogP contribution in [0.2, 0.25) is 0 Å². The molecule has 0 aliphatic heterocycles. The van der Waals surface area contributed by atoms with Crippen molar-refractivity contribution in [3.63, 3.8) is 0 Å². The van der Waals surface area contributed by atoms with Gasteiger partial charge >= 0.3 is 0 Å². The summed E-state index contributed by atoms with van der Waals surface area (Å²) in [6, 6.07) is 1.86. The molecule has 1 aromatic rings. The van der Waals surface area contributed by atoms with E-state index in [2.05, 4.69) is 0 Å². The topological polar surface area (TPSA) is 40.1 Å². The molecule has 1 heterocycles. The second-order valence-electron chi connectivity index (χ2n) is 2.07. The second-order valence-corrected chi connectivity index (χ2v) is 4.23. The van der Waals surface area contributed by atoms with Crippen LogP contribution in [0.15, 0.2) is 10.3 Å². The highest BCUT2D eigenvalue weighted by atomic mass is 32.2. The normalized spacial score (nSPS) is 10.0. The van der Waals surface area contributed by atoms with E-state index < -0.39 is 5.97 Å². The Morgan fingerprint density at radius 2 is 2.36 bits per heavy atom. The maximum atomic E-state index is 10.4. The van der Waals surface area contributed by atoms with E-state index in [0.717, 1.165) is 9.77 Å². The lowest BCUT2D eigenvalue weighted by atomic mass is 10.3. The van der Waals surface area contributed by atoms with Gasteiger partial charge in [0.05, 0.1) is 15.1 Å². The van der Waals surface area contributed by atoms with Crippen molar-refractivity contribution in [1.82, 2.24) is 0 Å². The Balaban J connectivity index is 3.07. The number of carboxylic acid groups (broad SMARTS) is 1. The lowest BCUT2D eigenvalue weighted by Gasteiger charge is -1.96. The number of aromatic carboxylic acids is 1. The van der Waals surface area contributed by atoms with Gasteiger partial charge in [0.1, 0.15) is 0 Å². The Bertz CT molecular complexity index is 278. The van der Waals surface area contributed by atoms with E-state index in [1.54, 1.807) is 18.7 Å². The van der Waals surface area contributed by atoms with E-state index in [9.17, 15) is 9.90 Å². The van der Waals surface area contributed by atoms with Crippen LogP contribution in [0.5, 0.6) is 0 Å². The highest BCUT2D eigenvalue weighted by Gasteiger charge is 2.04. The lowest BCUT2D eigenvalue weighted by Crippen LogP contribution is -2.21. The summed E-state index contributed by atoms with van der Waals surface area (Å²) in [5, 5.41) is 10.4. The maximum Gasteiger partial charge on any atom is 0.0818 e. The molecule has 0 aromatic carbocycles. The number of carbonyl (C=O) groups excluding carboxylic acids is 1. The van der Waals surface area contributed by atoms with Crippen LogP contribution in [0.4, 0.5) is 0 Å². The van der Waals surface area contributed by atoms with Gasteiger partial charge in [0.2, 0.25) is 0 Å². The van der Waals surface area contributed by atoms with Crippen molar-refractivity contribution in [2.75, 3.05) is 6.26 Å². The molecular formula is C7H7O2S2-. The average Bonchev–Trinajstić information content (AvgIpc) is 2.30. The van der Waals surface area contributed by atoms with Gasteiger partial charge in [-0.3, -0.25) is 0 Å². The fourth-order valence-electron chi connectivity index (χ4n) is 0.756. The Morgan fingerprint density at radius 3 is 2.64 bits per heavy atom. The van der Waals surface area contributed by atoms with Crippen molar-refractivity contribution in [3.05, 3.63) is 16.5 Å². The number of hydrogen-bond donors (Lipinski definition) is 0. The summed E-state index contributed by atoms with van der Waals surface area (Å²) < 4.78 is 1.02. The highest BCUT2D eigenvalue weighted by Crippen LogP contribution is 2.28. The number of rotatable bonds is 2. The number of carboxylic acids is 1. The standard InChI is InChI=1S/C7H8O2S2/c1-4-3-5(10-2)11-6(4)7(8)9/h3H,1-2H3,(H,8,9)/p-1. The predicted molar refractivity (Wildman–Crippen MR) is 45.2 cm³/mol. The van der Waals surface area contributed by atoms with Crippen LogP contribution in [-0.4, -0.2) is 12.2 Å². The van der Waals surface area contributed by atoms with Gasteiger partial charge in [-0.25, -0.2) is 0 Å². The molecule has 0 saturated carbocycles. The molecule has 0 fully saturated rings. The van der Waals surface area contributed by atoms with Crippen LogP contribution in [-0.2, 0) is 0 Å². The van der Waals surface area contributed by atoms with E-state index in [0.29, 0.717) is 4.88 Å². The number of aryl methyl sites for hydroxylation is 1. The molecule has 0 spiro atoms. The van der Waals surface area contributed by atoms with Crippen molar-refractivity contribution in [2.45, 2.75) is 11.1 Å². The number of carbonyl (C=O) groups is 1. The fraction of sp³-hybridized carbons (Fsp3) is 0.286. The van der Waals surface area contributed by atoms with Crippen molar-refractivity contribution in [1.29, 1.82) is 0 Å². The molecule has 0 bridgehead atoms. The third-order valence-corrected chi connectivity index (χ3v) is 3.56. The summed E-state index contributed by atoms with van der Waals surface area (Å²) in [5.74, 6) is -1.08. The molecule has 60 valence electrons. The van der Waals surface area contributed by atoms with E-state index in [4.69, 9.17) is 0 Å². The lowest BCUT2D eigenvalue weighted by molar-refractivity contribution is -0.254. The number of hydrogen-bond acceptors (Lipinski definition) is 4. The van der Waals surface area contributed by atoms with Crippen LogP contribution in [0, 0.1) is 6.92 Å². The van der Waals surface area contributed by atoms with Crippen molar-refractivity contribution < 1.29 is 9.90 Å². The molecule has 0 radical (unpaired) electrons. The van der Waals surface area contributed by atoms with Crippen LogP contribution < -0.4 is 5.11 Å². The zero-order valence-corrected chi connectivity index (χ0v) is 7.84. The van der Waals surface area contributed by atoms with Gasteiger partial charge in [-0.15, -0.1) is 23.1 Å². The number of thiophene rings is 1. The minimum absolute atomic E-state index is 0.342. The molecule has 4 heteroatoms. The van der Waals surface area contributed by atoms with Crippen LogP contribution in [0.3, 0.4) is 0 Å². The largest absolute Gasteiger partial charge is 0.544 e. The monoisotopic (exact) mass is 187 g/mol. The third kappa shape index (κ3) is 1.75. The maximum absolute atomic E-state index is 10.4. The molecule has 0 aliphatic rings. The Labute approximate surface area is 73.2 Å². The third-order valence-electron chi connectivity index (χ3n) is 1.28. The van der Waals surface area contributed by atoms with Gasteiger partial charge in [0.15, 0.2) is 0 Å². The molecule has 1 aromatic heterocycles. The molecule has 0 N–H and O–H groups in total. The Hall–Kier alpha value is -0.480. The molecule has 0 saturated heterocycles. The zero-order chi connectivity index (χ0) is 8.43. The van der Waals surface area contributed by atoms with Crippen LogP contribution in [0.25, 0.3) is 0 Å². The summed E-state index contributed by atoms with van der Waals surface area (Å²) in [6.07, 6.45) is 1.92. The molecular weight excluding hydrogens is 180 g/mol. The fourth-order valence-corrected chi connectivity index (χ4v) is 2.37.